The second kappa shape index (κ2) is 5.55. The van der Waals surface area contributed by atoms with Crippen LogP contribution in [0.4, 0.5) is 0 Å². The summed E-state index contributed by atoms with van der Waals surface area (Å²) in [6, 6.07) is 0. The van der Waals surface area contributed by atoms with Crippen molar-refractivity contribution in [2.24, 2.45) is 5.73 Å². The maximum Gasteiger partial charge on any atom is 0.343 e. The highest BCUT2D eigenvalue weighted by Crippen LogP contribution is 2.07. The minimum absolute atomic E-state index is 0. The summed E-state index contributed by atoms with van der Waals surface area (Å²) < 4.78 is 9.31. The van der Waals surface area contributed by atoms with E-state index in [1.54, 1.807) is 6.92 Å². The van der Waals surface area contributed by atoms with Crippen molar-refractivity contribution in [1.29, 1.82) is 0 Å². The minimum Gasteiger partial charge on any atom is -0.462 e. The molecule has 1 aromatic heterocycles. The Morgan fingerprint density at radius 1 is 1.77 bits per heavy atom. The summed E-state index contributed by atoms with van der Waals surface area (Å²) in [6.07, 6.45) is 1.24. The monoisotopic (exact) mass is 206 g/mol. The van der Waals surface area contributed by atoms with Gasteiger partial charge in [-0.2, -0.15) is 0 Å². The molecule has 0 aliphatic carbocycles. The van der Waals surface area contributed by atoms with Crippen LogP contribution in [0.5, 0.6) is 0 Å². The van der Waals surface area contributed by atoms with Gasteiger partial charge in [-0.15, -0.1) is 12.4 Å². The van der Waals surface area contributed by atoms with Gasteiger partial charge in [-0.25, -0.2) is 4.79 Å². The van der Waals surface area contributed by atoms with Crippen LogP contribution in [0.15, 0.2) is 10.8 Å². The fourth-order valence-corrected chi connectivity index (χ4v) is 0.782. The molecule has 13 heavy (non-hydrogen) atoms. The van der Waals surface area contributed by atoms with E-state index in [0.717, 1.165) is 0 Å². The van der Waals surface area contributed by atoms with Gasteiger partial charge in [0.2, 0.25) is 0 Å². The second-order valence-electron chi connectivity index (χ2n) is 2.10. The molecule has 0 unspecified atom stereocenters. The highest BCUT2D eigenvalue weighted by molar-refractivity contribution is 5.90. The Morgan fingerprint density at radius 3 is 3.00 bits per heavy atom. The molecule has 0 radical (unpaired) electrons. The molecule has 0 saturated carbocycles. The molecule has 0 aliphatic rings. The van der Waals surface area contributed by atoms with Crippen LogP contribution in [-0.4, -0.2) is 17.7 Å². The van der Waals surface area contributed by atoms with Gasteiger partial charge in [-0.3, -0.25) is 0 Å². The zero-order valence-electron chi connectivity index (χ0n) is 7.15. The molecule has 0 spiro atoms. The Kier molecular flexibility index (Phi) is 5.10. The van der Waals surface area contributed by atoms with E-state index in [9.17, 15) is 4.79 Å². The zero-order chi connectivity index (χ0) is 8.97. The third-order valence-electron chi connectivity index (χ3n) is 1.33. The van der Waals surface area contributed by atoms with Crippen LogP contribution in [0.2, 0.25) is 0 Å². The number of aromatic nitrogens is 1. The molecule has 0 aromatic carbocycles. The predicted molar refractivity (Wildman–Crippen MR) is 47.6 cm³/mol. The van der Waals surface area contributed by atoms with Crippen LogP contribution in [0.25, 0.3) is 0 Å². The lowest BCUT2D eigenvalue weighted by Gasteiger charge is -1.98. The smallest absolute Gasteiger partial charge is 0.343 e. The van der Waals surface area contributed by atoms with Gasteiger partial charge in [0.25, 0.3) is 0 Å². The number of nitrogens with zero attached hydrogens (tertiary/aromatic N) is 1. The topological polar surface area (TPSA) is 78.3 Å². The lowest BCUT2D eigenvalue weighted by molar-refractivity contribution is 0.0524. The summed E-state index contributed by atoms with van der Waals surface area (Å²) in [5.41, 5.74) is 6.03. The van der Waals surface area contributed by atoms with Crippen LogP contribution >= 0.6 is 12.4 Å². The normalized spacial score (nSPS) is 9.08. The Labute approximate surface area is 81.6 Å². The molecule has 2 N–H and O–H groups in total. The third kappa shape index (κ3) is 2.71. The van der Waals surface area contributed by atoms with Gasteiger partial charge in [-0.1, -0.05) is 5.16 Å². The van der Waals surface area contributed by atoms with Gasteiger partial charge < -0.3 is 15.0 Å². The van der Waals surface area contributed by atoms with Crippen LogP contribution in [0.1, 0.15) is 23.0 Å². The molecule has 0 atom stereocenters. The molecule has 0 saturated heterocycles. The Morgan fingerprint density at radius 2 is 2.46 bits per heavy atom. The van der Waals surface area contributed by atoms with E-state index in [1.807, 2.05) is 0 Å². The van der Waals surface area contributed by atoms with E-state index < -0.39 is 5.97 Å². The first-order chi connectivity index (χ1) is 5.79. The van der Waals surface area contributed by atoms with Crippen LogP contribution in [-0.2, 0) is 11.3 Å². The fraction of sp³-hybridized carbons (Fsp3) is 0.429. The SMILES string of the molecule is CCOC(=O)c1conc1CN.Cl. The second-order valence-corrected chi connectivity index (χ2v) is 2.10. The lowest BCUT2D eigenvalue weighted by atomic mass is 10.2. The molecule has 0 fully saturated rings. The maximum atomic E-state index is 11.1. The molecule has 6 heteroatoms. The quantitative estimate of drug-likeness (QED) is 0.738. The fourth-order valence-electron chi connectivity index (χ4n) is 0.782. The molecule has 5 nitrogen and oxygen atoms in total. The number of rotatable bonds is 3. The number of carbonyl (C=O) groups excluding carboxylic acids is 1. The van der Waals surface area contributed by atoms with Crippen molar-refractivity contribution < 1.29 is 14.1 Å². The maximum absolute atomic E-state index is 11.1. The zero-order valence-corrected chi connectivity index (χ0v) is 7.97. The van der Waals surface area contributed by atoms with Crippen LogP contribution in [0, 0.1) is 0 Å². The molecule has 0 bridgehead atoms. The average molecular weight is 207 g/mol. The summed E-state index contributed by atoms with van der Waals surface area (Å²) in [5.74, 6) is -0.445. The van der Waals surface area contributed by atoms with E-state index in [0.29, 0.717) is 17.9 Å². The van der Waals surface area contributed by atoms with Crippen molar-refractivity contribution in [3.8, 4) is 0 Å². The average Bonchev–Trinajstić information content (AvgIpc) is 2.51. The number of esters is 1. The molecule has 74 valence electrons. The summed E-state index contributed by atoms with van der Waals surface area (Å²) in [4.78, 5) is 11.1. The van der Waals surface area contributed by atoms with Crippen molar-refractivity contribution in [3.63, 3.8) is 0 Å². The van der Waals surface area contributed by atoms with Gasteiger partial charge in [0.15, 0.2) is 0 Å². The summed E-state index contributed by atoms with van der Waals surface area (Å²) in [5, 5.41) is 3.54. The van der Waals surface area contributed by atoms with Gasteiger partial charge in [0.05, 0.1) is 6.61 Å². The van der Waals surface area contributed by atoms with E-state index >= 15 is 0 Å². The minimum atomic E-state index is -0.445. The van der Waals surface area contributed by atoms with Crippen LogP contribution < -0.4 is 5.73 Å². The van der Waals surface area contributed by atoms with Crippen molar-refractivity contribution in [1.82, 2.24) is 5.16 Å². The summed E-state index contributed by atoms with van der Waals surface area (Å²) >= 11 is 0. The summed E-state index contributed by atoms with van der Waals surface area (Å²) in [7, 11) is 0. The molecule has 0 amide bonds. The first-order valence-corrected chi connectivity index (χ1v) is 3.60. The van der Waals surface area contributed by atoms with Crippen LogP contribution in [0.3, 0.4) is 0 Å². The number of carbonyl (C=O) groups is 1. The Hall–Kier alpha value is -1.07. The van der Waals surface area contributed by atoms with Crippen molar-refractivity contribution in [3.05, 3.63) is 17.5 Å². The van der Waals surface area contributed by atoms with Crippen molar-refractivity contribution in [2.45, 2.75) is 13.5 Å². The van der Waals surface area contributed by atoms with E-state index in [2.05, 4.69) is 9.68 Å². The Bertz CT molecular complexity index is 274. The molecule has 1 rings (SSSR count). The number of hydrogen-bond donors (Lipinski definition) is 1. The number of ether oxygens (including phenoxy) is 1. The number of hydrogen-bond acceptors (Lipinski definition) is 5. The largest absolute Gasteiger partial charge is 0.462 e. The first-order valence-electron chi connectivity index (χ1n) is 3.60. The molecular formula is C7H11ClN2O3. The first kappa shape index (κ1) is 11.9. The van der Waals surface area contributed by atoms with Gasteiger partial charge in [0.1, 0.15) is 17.5 Å². The van der Waals surface area contributed by atoms with E-state index in [1.165, 1.54) is 6.26 Å². The molecular weight excluding hydrogens is 196 g/mol. The predicted octanol–water partition coefficient (Wildman–Crippen LogP) is 0.732. The standard InChI is InChI=1S/C7H10N2O3.ClH/c1-2-11-7(10)5-4-12-9-6(5)3-8;/h4H,2-3,8H2,1H3;1H. The third-order valence-corrected chi connectivity index (χ3v) is 1.33. The van der Waals surface area contributed by atoms with E-state index in [4.69, 9.17) is 10.5 Å². The van der Waals surface area contributed by atoms with Crippen molar-refractivity contribution in [2.75, 3.05) is 6.61 Å². The summed E-state index contributed by atoms with van der Waals surface area (Å²) in [6.45, 7) is 2.23. The molecule has 1 heterocycles. The van der Waals surface area contributed by atoms with Gasteiger partial charge in [0, 0.05) is 6.54 Å². The van der Waals surface area contributed by atoms with Gasteiger partial charge in [-0.05, 0) is 6.92 Å². The van der Waals surface area contributed by atoms with Crippen molar-refractivity contribution >= 4 is 18.4 Å². The number of halogens is 1. The Balaban J connectivity index is 0.00000144. The van der Waals surface area contributed by atoms with Gasteiger partial charge >= 0.3 is 5.97 Å². The number of nitrogens with two attached hydrogens (primary N) is 1. The highest BCUT2D eigenvalue weighted by atomic mass is 35.5. The molecule has 0 aliphatic heterocycles. The molecule has 1 aromatic rings. The lowest BCUT2D eigenvalue weighted by Crippen LogP contribution is -2.09. The highest BCUT2D eigenvalue weighted by Gasteiger charge is 2.14. The van der Waals surface area contributed by atoms with E-state index in [-0.39, 0.29) is 19.0 Å².